The van der Waals surface area contributed by atoms with Gasteiger partial charge < -0.3 is 4.90 Å². The summed E-state index contributed by atoms with van der Waals surface area (Å²) in [4.78, 5) is 14.9. The van der Waals surface area contributed by atoms with E-state index < -0.39 is 0 Å². The van der Waals surface area contributed by atoms with Crippen LogP contribution in [0, 0.1) is 11.8 Å². The normalized spacial score (nSPS) is 26.8. The second-order valence-electron chi connectivity index (χ2n) is 8.01. The predicted molar refractivity (Wildman–Crippen MR) is 97.0 cm³/mol. The maximum atomic E-state index is 12.2. The summed E-state index contributed by atoms with van der Waals surface area (Å²) in [5.74, 6) is 1.01. The average Bonchev–Trinajstić information content (AvgIpc) is 3.10. The Morgan fingerprint density at radius 3 is 2.33 bits per heavy atom. The fourth-order valence-electron chi connectivity index (χ4n) is 4.47. The van der Waals surface area contributed by atoms with Gasteiger partial charge in [0.05, 0.1) is 12.2 Å². The predicted octanol–water partition coefficient (Wildman–Crippen LogP) is 3.87. The lowest BCUT2D eigenvalue weighted by molar-refractivity contribution is -0.127. The lowest BCUT2D eigenvalue weighted by Crippen LogP contribution is -2.44. The van der Waals surface area contributed by atoms with Crippen molar-refractivity contribution in [2.45, 2.75) is 77.8 Å². The van der Waals surface area contributed by atoms with Crippen LogP contribution in [-0.2, 0) is 11.2 Å². The van der Waals surface area contributed by atoms with Crippen molar-refractivity contribution in [3.63, 3.8) is 0 Å². The van der Waals surface area contributed by atoms with E-state index >= 15 is 0 Å². The van der Waals surface area contributed by atoms with Gasteiger partial charge in [-0.3, -0.25) is 9.48 Å². The molecule has 0 amide bonds. The van der Waals surface area contributed by atoms with Crippen molar-refractivity contribution in [2.75, 3.05) is 13.1 Å². The minimum atomic E-state index is 0.198. The van der Waals surface area contributed by atoms with Gasteiger partial charge in [-0.25, -0.2) is 0 Å². The summed E-state index contributed by atoms with van der Waals surface area (Å²) < 4.78 is 2.19. The molecule has 0 bridgehead atoms. The first kappa shape index (κ1) is 17.7. The molecule has 3 rings (SSSR count). The number of likely N-dealkylation sites (tertiary alicyclic amines) is 1. The first-order chi connectivity index (χ1) is 11.6. The number of carbonyl (C=O) groups excluding carboxylic acids is 1. The van der Waals surface area contributed by atoms with E-state index in [0.717, 1.165) is 19.3 Å². The molecule has 2 aliphatic rings. The van der Waals surface area contributed by atoms with Crippen molar-refractivity contribution in [1.82, 2.24) is 14.7 Å². The summed E-state index contributed by atoms with van der Waals surface area (Å²) in [6.07, 6.45) is 12.3. The smallest absolute Gasteiger partial charge is 0.138 e. The van der Waals surface area contributed by atoms with Gasteiger partial charge >= 0.3 is 0 Å². The minimum absolute atomic E-state index is 0.198. The highest BCUT2D eigenvalue weighted by molar-refractivity contribution is 5.82. The molecule has 134 valence electrons. The summed E-state index contributed by atoms with van der Waals surface area (Å²) in [6, 6.07) is 1.27. The highest BCUT2D eigenvalue weighted by atomic mass is 16.1. The highest BCUT2D eigenvalue weighted by Gasteiger charge is 2.32. The van der Waals surface area contributed by atoms with Gasteiger partial charge in [-0.15, -0.1) is 0 Å². The van der Waals surface area contributed by atoms with Gasteiger partial charge in [0.2, 0.25) is 0 Å². The van der Waals surface area contributed by atoms with E-state index in [1.54, 1.807) is 0 Å². The highest BCUT2D eigenvalue weighted by Crippen LogP contribution is 2.32. The maximum absolute atomic E-state index is 12.2. The number of aryl methyl sites for hydroxylation is 1. The molecule has 1 saturated carbocycles. The Balaban J connectivity index is 1.46. The molecule has 0 spiro atoms. The fourth-order valence-corrected chi connectivity index (χ4v) is 4.47. The summed E-state index contributed by atoms with van der Waals surface area (Å²) in [7, 11) is 0. The zero-order valence-corrected chi connectivity index (χ0v) is 15.6. The number of carbonyl (C=O) groups is 1. The second kappa shape index (κ2) is 7.81. The summed E-state index contributed by atoms with van der Waals surface area (Å²) in [5, 5.41) is 4.55. The van der Waals surface area contributed by atoms with Crippen LogP contribution < -0.4 is 0 Å². The lowest BCUT2D eigenvalue weighted by Gasteiger charge is -2.40. The Kier molecular flexibility index (Phi) is 5.75. The Morgan fingerprint density at radius 1 is 1.12 bits per heavy atom. The van der Waals surface area contributed by atoms with Gasteiger partial charge in [-0.1, -0.05) is 20.8 Å². The van der Waals surface area contributed by atoms with Gasteiger partial charge in [0.1, 0.15) is 5.78 Å². The number of hydrogen-bond acceptors (Lipinski definition) is 3. The van der Waals surface area contributed by atoms with Gasteiger partial charge in [-0.2, -0.15) is 5.10 Å². The molecule has 0 N–H and O–H groups in total. The molecule has 1 aliphatic carbocycles. The first-order valence-electron chi connectivity index (χ1n) is 9.89. The number of hydrogen-bond donors (Lipinski definition) is 0. The Morgan fingerprint density at radius 2 is 1.79 bits per heavy atom. The van der Waals surface area contributed by atoms with E-state index in [9.17, 15) is 4.79 Å². The zero-order valence-electron chi connectivity index (χ0n) is 15.6. The molecule has 2 fully saturated rings. The molecule has 4 nitrogen and oxygen atoms in total. The minimum Gasteiger partial charge on any atom is -0.300 e. The van der Waals surface area contributed by atoms with E-state index in [2.05, 4.69) is 27.8 Å². The average molecular weight is 332 g/mol. The molecular weight excluding hydrogens is 298 g/mol. The largest absolute Gasteiger partial charge is 0.300 e. The lowest BCUT2D eigenvalue weighted by atomic mass is 9.79. The van der Waals surface area contributed by atoms with Crippen LogP contribution in [0.1, 0.15) is 70.9 Å². The van der Waals surface area contributed by atoms with E-state index in [0.29, 0.717) is 23.8 Å². The molecule has 4 heteroatoms. The summed E-state index contributed by atoms with van der Waals surface area (Å²) >= 11 is 0. The van der Waals surface area contributed by atoms with Crippen molar-refractivity contribution in [3.05, 3.63) is 18.0 Å². The van der Waals surface area contributed by atoms with Crippen LogP contribution >= 0.6 is 0 Å². The Labute approximate surface area is 146 Å². The van der Waals surface area contributed by atoms with Gasteiger partial charge in [0.15, 0.2) is 0 Å². The summed E-state index contributed by atoms with van der Waals surface area (Å²) in [5.41, 5.74) is 1.34. The number of aromatic nitrogens is 2. The molecule has 0 unspecified atom stereocenters. The maximum Gasteiger partial charge on any atom is 0.138 e. The van der Waals surface area contributed by atoms with Crippen LogP contribution in [0.5, 0.6) is 0 Å². The second-order valence-corrected chi connectivity index (χ2v) is 8.01. The van der Waals surface area contributed by atoms with Crippen LogP contribution in [0.15, 0.2) is 12.4 Å². The summed E-state index contributed by atoms with van der Waals surface area (Å²) in [6.45, 7) is 8.63. The SMILES string of the molecule is CCc1cnn(C2CCN([C@H]3CC[C@H](C(=O)C(C)C)CC3)CC2)c1. The number of ketones is 1. The molecule has 1 aliphatic heterocycles. The third-order valence-electron chi connectivity index (χ3n) is 6.12. The van der Waals surface area contributed by atoms with Crippen molar-refractivity contribution in [2.24, 2.45) is 11.8 Å². The number of Topliss-reactive ketones (excluding diaryl/α,β-unsaturated/α-hetero) is 1. The number of nitrogens with zero attached hydrogens (tertiary/aromatic N) is 3. The molecule has 1 saturated heterocycles. The third kappa shape index (κ3) is 3.90. The van der Waals surface area contributed by atoms with Crippen molar-refractivity contribution in [3.8, 4) is 0 Å². The van der Waals surface area contributed by atoms with Crippen LogP contribution in [0.3, 0.4) is 0 Å². The van der Waals surface area contributed by atoms with E-state index in [1.807, 2.05) is 20.0 Å². The Hall–Kier alpha value is -1.16. The molecule has 1 aromatic heterocycles. The van der Waals surface area contributed by atoms with Crippen LogP contribution in [0.25, 0.3) is 0 Å². The topological polar surface area (TPSA) is 38.1 Å². The number of rotatable bonds is 5. The van der Waals surface area contributed by atoms with Crippen molar-refractivity contribution < 1.29 is 4.79 Å². The third-order valence-corrected chi connectivity index (χ3v) is 6.12. The quantitative estimate of drug-likeness (QED) is 0.822. The van der Waals surface area contributed by atoms with Gasteiger partial charge in [0, 0.05) is 37.2 Å². The molecule has 24 heavy (non-hydrogen) atoms. The number of piperidine rings is 1. The fraction of sp³-hybridized carbons (Fsp3) is 0.800. The van der Waals surface area contributed by atoms with Crippen LogP contribution in [-0.4, -0.2) is 39.6 Å². The monoisotopic (exact) mass is 331 g/mol. The molecular formula is C20H33N3O. The Bertz CT molecular complexity index is 535. The van der Waals surface area contributed by atoms with E-state index in [4.69, 9.17) is 0 Å². The molecule has 0 radical (unpaired) electrons. The molecule has 2 heterocycles. The van der Waals surface area contributed by atoms with Crippen molar-refractivity contribution >= 4 is 5.78 Å². The standard InChI is InChI=1S/C20H33N3O/c1-4-16-13-21-23(14-16)19-9-11-22(12-10-19)18-7-5-17(6-8-18)20(24)15(2)3/h13-15,17-19H,4-12H2,1-3H3/t17-,18-. The molecule has 1 aromatic rings. The molecule has 0 aromatic carbocycles. The molecule has 0 atom stereocenters. The van der Waals surface area contributed by atoms with Gasteiger partial charge in [0.25, 0.3) is 0 Å². The van der Waals surface area contributed by atoms with Crippen LogP contribution in [0.4, 0.5) is 0 Å². The first-order valence-corrected chi connectivity index (χ1v) is 9.89. The zero-order chi connectivity index (χ0) is 17.1. The van der Waals surface area contributed by atoms with Crippen molar-refractivity contribution in [1.29, 1.82) is 0 Å². The van der Waals surface area contributed by atoms with Gasteiger partial charge in [-0.05, 0) is 50.5 Å². The van der Waals surface area contributed by atoms with Crippen LogP contribution in [0.2, 0.25) is 0 Å². The van der Waals surface area contributed by atoms with E-state index in [-0.39, 0.29) is 5.92 Å². The van der Waals surface area contributed by atoms with E-state index in [1.165, 1.54) is 44.3 Å².